The first-order valence-corrected chi connectivity index (χ1v) is 9.79. The van der Waals surface area contributed by atoms with E-state index in [-0.39, 0.29) is 11.3 Å². The predicted molar refractivity (Wildman–Crippen MR) is 116 cm³/mol. The van der Waals surface area contributed by atoms with Crippen LogP contribution in [0.3, 0.4) is 0 Å². The number of nitrogens with zero attached hydrogens (tertiary/aromatic N) is 1. The number of aryl methyl sites for hydroxylation is 2. The first-order valence-electron chi connectivity index (χ1n) is 9.79. The van der Waals surface area contributed by atoms with Crippen molar-refractivity contribution in [2.45, 2.75) is 20.3 Å². The van der Waals surface area contributed by atoms with Crippen molar-refractivity contribution >= 4 is 28.8 Å². The Kier molecular flexibility index (Phi) is 5.19. The Morgan fingerprint density at radius 2 is 1.60 bits per heavy atom. The smallest absolute Gasteiger partial charge is 0.282 e. The molecule has 0 saturated heterocycles. The summed E-state index contributed by atoms with van der Waals surface area (Å²) < 4.78 is 13.5. The summed E-state index contributed by atoms with van der Waals surface area (Å²) in [5.41, 5.74) is 4.22. The number of anilines is 2. The van der Waals surface area contributed by atoms with E-state index in [2.05, 4.69) is 5.32 Å². The monoisotopic (exact) mass is 400 g/mol. The molecule has 0 spiro atoms. The van der Waals surface area contributed by atoms with Crippen LogP contribution in [0.2, 0.25) is 0 Å². The molecule has 0 fully saturated rings. The van der Waals surface area contributed by atoms with Crippen LogP contribution < -0.4 is 10.2 Å². The molecule has 0 bridgehead atoms. The molecule has 4 nitrogen and oxygen atoms in total. The van der Waals surface area contributed by atoms with Gasteiger partial charge >= 0.3 is 0 Å². The van der Waals surface area contributed by atoms with Crippen molar-refractivity contribution in [2.24, 2.45) is 0 Å². The van der Waals surface area contributed by atoms with E-state index in [1.54, 1.807) is 12.1 Å². The average Bonchev–Trinajstić information content (AvgIpc) is 2.98. The van der Waals surface area contributed by atoms with Gasteiger partial charge in [-0.05, 0) is 66.4 Å². The Labute approximate surface area is 174 Å². The molecule has 4 rings (SSSR count). The van der Waals surface area contributed by atoms with E-state index >= 15 is 0 Å². The normalized spacial score (nSPS) is 13.9. The fourth-order valence-corrected chi connectivity index (χ4v) is 3.51. The summed E-state index contributed by atoms with van der Waals surface area (Å²) in [4.78, 5) is 27.8. The van der Waals surface area contributed by atoms with E-state index in [9.17, 15) is 14.0 Å². The summed E-state index contributed by atoms with van der Waals surface area (Å²) >= 11 is 0. The standard InChI is InChI=1S/C25H21FN2O2/c1-3-17-7-13-21(14-8-17)28-24(29)22(18-9-11-19(26)12-10-18)23(25(28)30)27-20-6-4-5-16(2)15-20/h4-15,27H,3H2,1-2H3. The zero-order valence-electron chi connectivity index (χ0n) is 16.8. The number of hydrogen-bond acceptors (Lipinski definition) is 3. The van der Waals surface area contributed by atoms with Crippen LogP contribution in [0.4, 0.5) is 15.8 Å². The van der Waals surface area contributed by atoms with Gasteiger partial charge in [-0.1, -0.05) is 43.3 Å². The lowest BCUT2D eigenvalue weighted by Crippen LogP contribution is -2.32. The lowest BCUT2D eigenvalue weighted by Gasteiger charge is -2.16. The molecule has 30 heavy (non-hydrogen) atoms. The minimum absolute atomic E-state index is 0.178. The SMILES string of the molecule is CCc1ccc(N2C(=O)C(Nc3cccc(C)c3)=C(c3ccc(F)cc3)C2=O)cc1. The zero-order chi connectivity index (χ0) is 21.3. The Hall–Kier alpha value is -3.73. The maximum absolute atomic E-state index is 13.5. The quantitative estimate of drug-likeness (QED) is 0.607. The largest absolute Gasteiger partial charge is 0.350 e. The second-order valence-corrected chi connectivity index (χ2v) is 7.22. The van der Waals surface area contributed by atoms with Crippen molar-refractivity contribution < 1.29 is 14.0 Å². The van der Waals surface area contributed by atoms with Crippen molar-refractivity contribution in [1.82, 2.24) is 0 Å². The van der Waals surface area contributed by atoms with Crippen molar-refractivity contribution in [3.05, 3.63) is 101 Å². The lowest BCUT2D eigenvalue weighted by atomic mass is 10.0. The molecule has 2 amide bonds. The summed E-state index contributed by atoms with van der Waals surface area (Å²) in [6.45, 7) is 3.99. The number of halogens is 1. The summed E-state index contributed by atoms with van der Waals surface area (Å²) in [5.74, 6) is -1.28. The van der Waals surface area contributed by atoms with Crippen LogP contribution in [0, 0.1) is 12.7 Å². The average molecular weight is 400 g/mol. The minimum Gasteiger partial charge on any atom is -0.350 e. The number of carbonyl (C=O) groups is 2. The number of rotatable bonds is 5. The third kappa shape index (κ3) is 3.62. The van der Waals surface area contributed by atoms with E-state index < -0.39 is 17.6 Å². The summed E-state index contributed by atoms with van der Waals surface area (Å²) in [6, 6.07) is 20.5. The molecular formula is C25H21FN2O2. The van der Waals surface area contributed by atoms with Crippen LogP contribution in [0.25, 0.3) is 5.57 Å². The molecule has 0 atom stereocenters. The molecule has 1 heterocycles. The van der Waals surface area contributed by atoms with Gasteiger partial charge in [-0.25, -0.2) is 9.29 Å². The third-order valence-corrected chi connectivity index (χ3v) is 5.11. The predicted octanol–water partition coefficient (Wildman–Crippen LogP) is 5.09. The molecule has 3 aromatic rings. The molecule has 0 radical (unpaired) electrons. The van der Waals surface area contributed by atoms with Gasteiger partial charge in [0.2, 0.25) is 0 Å². The number of carbonyl (C=O) groups excluding carboxylic acids is 2. The Morgan fingerprint density at radius 3 is 2.23 bits per heavy atom. The summed E-state index contributed by atoms with van der Waals surface area (Å²) in [5, 5.41) is 3.12. The second kappa shape index (κ2) is 7.95. The van der Waals surface area contributed by atoms with Gasteiger partial charge in [-0.15, -0.1) is 0 Å². The van der Waals surface area contributed by atoms with Crippen LogP contribution in [0.5, 0.6) is 0 Å². The molecular weight excluding hydrogens is 379 g/mol. The first kappa shape index (κ1) is 19.6. The van der Waals surface area contributed by atoms with Crippen LogP contribution in [-0.2, 0) is 16.0 Å². The molecule has 1 N–H and O–H groups in total. The van der Waals surface area contributed by atoms with Gasteiger partial charge in [0, 0.05) is 5.69 Å². The number of hydrogen-bond donors (Lipinski definition) is 1. The number of benzene rings is 3. The highest BCUT2D eigenvalue weighted by atomic mass is 19.1. The molecule has 3 aromatic carbocycles. The van der Waals surface area contributed by atoms with Gasteiger partial charge in [0.15, 0.2) is 0 Å². The van der Waals surface area contributed by atoms with Gasteiger partial charge in [0.1, 0.15) is 11.5 Å². The Morgan fingerprint density at radius 1 is 0.900 bits per heavy atom. The third-order valence-electron chi connectivity index (χ3n) is 5.11. The van der Waals surface area contributed by atoms with E-state index in [0.717, 1.165) is 22.4 Å². The van der Waals surface area contributed by atoms with Gasteiger partial charge in [-0.2, -0.15) is 0 Å². The van der Waals surface area contributed by atoms with Gasteiger partial charge in [-0.3, -0.25) is 9.59 Å². The summed E-state index contributed by atoms with van der Waals surface area (Å²) in [7, 11) is 0. The van der Waals surface area contributed by atoms with Gasteiger partial charge in [0.25, 0.3) is 11.8 Å². The molecule has 5 heteroatoms. The fourth-order valence-electron chi connectivity index (χ4n) is 3.51. The Bertz CT molecular complexity index is 1150. The summed E-state index contributed by atoms with van der Waals surface area (Å²) in [6.07, 6.45) is 0.863. The molecule has 1 aliphatic rings. The van der Waals surface area contributed by atoms with E-state index in [1.165, 1.54) is 24.3 Å². The second-order valence-electron chi connectivity index (χ2n) is 7.22. The van der Waals surface area contributed by atoms with E-state index in [0.29, 0.717) is 16.9 Å². The highest BCUT2D eigenvalue weighted by molar-refractivity contribution is 6.46. The highest BCUT2D eigenvalue weighted by Gasteiger charge is 2.40. The zero-order valence-corrected chi connectivity index (χ0v) is 16.8. The molecule has 1 aliphatic heterocycles. The van der Waals surface area contributed by atoms with Crippen molar-refractivity contribution in [3.8, 4) is 0 Å². The first-order chi connectivity index (χ1) is 14.5. The molecule has 0 aliphatic carbocycles. The highest BCUT2D eigenvalue weighted by Crippen LogP contribution is 2.34. The molecule has 150 valence electrons. The van der Waals surface area contributed by atoms with E-state index in [4.69, 9.17) is 0 Å². The van der Waals surface area contributed by atoms with Crippen molar-refractivity contribution in [1.29, 1.82) is 0 Å². The van der Waals surface area contributed by atoms with E-state index in [1.807, 2.05) is 50.2 Å². The van der Waals surface area contributed by atoms with Gasteiger partial charge < -0.3 is 5.32 Å². The van der Waals surface area contributed by atoms with Gasteiger partial charge in [0.05, 0.1) is 11.3 Å². The maximum atomic E-state index is 13.5. The van der Waals surface area contributed by atoms with Crippen LogP contribution in [0.1, 0.15) is 23.6 Å². The number of amides is 2. The maximum Gasteiger partial charge on any atom is 0.282 e. The number of nitrogens with one attached hydrogen (secondary N) is 1. The Balaban J connectivity index is 1.80. The van der Waals surface area contributed by atoms with Crippen LogP contribution in [0.15, 0.2) is 78.5 Å². The lowest BCUT2D eigenvalue weighted by molar-refractivity contribution is -0.120. The van der Waals surface area contributed by atoms with Crippen molar-refractivity contribution in [3.63, 3.8) is 0 Å². The number of imide groups is 1. The fraction of sp³-hybridized carbons (Fsp3) is 0.120. The molecule has 0 aromatic heterocycles. The topological polar surface area (TPSA) is 49.4 Å². The van der Waals surface area contributed by atoms with Crippen LogP contribution >= 0.6 is 0 Å². The minimum atomic E-state index is -0.440. The van der Waals surface area contributed by atoms with Crippen molar-refractivity contribution in [2.75, 3.05) is 10.2 Å². The van der Waals surface area contributed by atoms with Crippen LogP contribution in [-0.4, -0.2) is 11.8 Å². The molecule has 0 unspecified atom stereocenters. The molecule has 0 saturated carbocycles.